The molecule has 8 nitrogen and oxygen atoms in total. The van der Waals surface area contributed by atoms with Gasteiger partial charge >= 0.3 is 5.97 Å². The molecule has 0 bridgehead atoms. The third-order valence-electron chi connectivity index (χ3n) is 6.21. The third-order valence-corrected chi connectivity index (χ3v) is 6.21. The fraction of sp³-hybridized carbons (Fsp3) is 0.207. The molecule has 0 spiro atoms. The predicted octanol–water partition coefficient (Wildman–Crippen LogP) is 4.96. The normalized spacial score (nSPS) is 11.1. The fourth-order valence-electron chi connectivity index (χ4n) is 4.24. The molecule has 0 aliphatic rings. The Balaban J connectivity index is 1.36. The number of hydrogen-bond acceptors (Lipinski definition) is 6. The Morgan fingerprint density at radius 2 is 1.84 bits per heavy atom. The molecule has 2 aromatic heterocycles. The van der Waals surface area contributed by atoms with Crippen LogP contribution in [0.4, 0.5) is 4.39 Å². The van der Waals surface area contributed by atoms with Gasteiger partial charge in [0.15, 0.2) is 0 Å². The summed E-state index contributed by atoms with van der Waals surface area (Å²) in [5, 5.41) is 4.42. The van der Waals surface area contributed by atoms with Crippen LogP contribution in [0.3, 0.4) is 0 Å². The molecular weight excluding hydrogens is 487 g/mol. The minimum atomic E-state index is -0.429. The molecule has 3 aromatic carbocycles. The summed E-state index contributed by atoms with van der Waals surface area (Å²) in [6, 6.07) is 21.7. The first-order valence-corrected chi connectivity index (χ1v) is 12.1. The minimum Gasteiger partial charge on any atom is -0.472 e. The zero-order valence-corrected chi connectivity index (χ0v) is 21.1. The third kappa shape index (κ3) is 5.42. The van der Waals surface area contributed by atoms with Crippen LogP contribution in [0.1, 0.15) is 27.3 Å². The second kappa shape index (κ2) is 11.3. The van der Waals surface area contributed by atoms with Gasteiger partial charge in [0.1, 0.15) is 18.2 Å². The molecule has 5 rings (SSSR count). The van der Waals surface area contributed by atoms with Crippen LogP contribution in [0.5, 0.6) is 5.88 Å². The molecule has 5 aromatic rings. The van der Waals surface area contributed by atoms with Gasteiger partial charge in [-0.3, -0.25) is 0 Å². The number of methoxy groups -OCH3 is 2. The van der Waals surface area contributed by atoms with Crippen molar-refractivity contribution in [2.24, 2.45) is 0 Å². The lowest BCUT2D eigenvalue weighted by Crippen LogP contribution is -2.10. The van der Waals surface area contributed by atoms with Crippen molar-refractivity contribution in [2.45, 2.75) is 19.6 Å². The maximum absolute atomic E-state index is 15.3. The van der Waals surface area contributed by atoms with Crippen molar-refractivity contribution in [2.75, 3.05) is 20.8 Å². The van der Waals surface area contributed by atoms with E-state index < -0.39 is 5.97 Å². The van der Waals surface area contributed by atoms with E-state index in [2.05, 4.69) is 5.10 Å². The van der Waals surface area contributed by atoms with Gasteiger partial charge in [-0.15, -0.1) is 5.10 Å². The summed E-state index contributed by atoms with van der Waals surface area (Å²) < 4.78 is 34.7. The maximum Gasteiger partial charge on any atom is 0.337 e. The van der Waals surface area contributed by atoms with Gasteiger partial charge in [0, 0.05) is 32.3 Å². The smallest absolute Gasteiger partial charge is 0.337 e. The van der Waals surface area contributed by atoms with E-state index in [0.717, 1.165) is 11.1 Å². The first-order valence-electron chi connectivity index (χ1n) is 12.1. The summed E-state index contributed by atoms with van der Waals surface area (Å²) in [5.74, 6) is 0.324. The zero-order valence-electron chi connectivity index (χ0n) is 21.1. The Kier molecular flexibility index (Phi) is 7.46. The van der Waals surface area contributed by atoms with Crippen LogP contribution < -0.4 is 4.74 Å². The standard InChI is InChI=1S/C29H27FN4O4/c1-36-15-14-33-26-16-22(29(35)37-2)9-11-25(26)31-27(33)17-21-8-10-23(18-24(21)30)34-13-12-28(32-34)38-19-20-6-4-3-5-7-20/h3-13,16,18H,14-15,17,19H2,1-2H3. The number of aromatic nitrogens is 4. The van der Waals surface area contributed by atoms with Crippen LogP contribution in [0.25, 0.3) is 16.7 Å². The van der Waals surface area contributed by atoms with Crippen LogP contribution in [-0.4, -0.2) is 46.1 Å². The molecule has 2 heterocycles. The van der Waals surface area contributed by atoms with Gasteiger partial charge in [0.2, 0.25) is 5.88 Å². The number of ether oxygens (including phenoxy) is 3. The Hall–Kier alpha value is -4.50. The SMILES string of the molecule is COCCn1c(Cc2ccc(-n3ccc(OCc4ccccc4)n3)cc2F)nc2ccc(C(=O)OC)cc21. The highest BCUT2D eigenvalue weighted by Gasteiger charge is 2.16. The average Bonchev–Trinajstić information content (AvgIpc) is 3.56. The maximum atomic E-state index is 15.3. The number of benzene rings is 3. The molecular formula is C29H27FN4O4. The minimum absolute atomic E-state index is 0.266. The van der Waals surface area contributed by atoms with Gasteiger partial charge in [-0.1, -0.05) is 36.4 Å². The highest BCUT2D eigenvalue weighted by atomic mass is 19.1. The summed E-state index contributed by atoms with van der Waals surface area (Å²) in [5.41, 5.74) is 4.00. The van der Waals surface area contributed by atoms with E-state index in [1.807, 2.05) is 41.0 Å². The topological polar surface area (TPSA) is 80.4 Å². The van der Waals surface area contributed by atoms with Crippen LogP contribution in [0.2, 0.25) is 0 Å². The van der Waals surface area contributed by atoms with E-state index >= 15 is 4.39 Å². The van der Waals surface area contributed by atoms with Crippen molar-refractivity contribution in [1.29, 1.82) is 0 Å². The van der Waals surface area contributed by atoms with Crippen molar-refractivity contribution in [3.63, 3.8) is 0 Å². The van der Waals surface area contributed by atoms with Crippen molar-refractivity contribution >= 4 is 17.0 Å². The number of fused-ring (bicyclic) bond motifs is 1. The van der Waals surface area contributed by atoms with Gasteiger partial charge in [-0.05, 0) is 41.5 Å². The van der Waals surface area contributed by atoms with Crippen LogP contribution in [0, 0.1) is 5.82 Å². The summed E-state index contributed by atoms with van der Waals surface area (Å²) in [6.45, 7) is 1.35. The molecule has 194 valence electrons. The van der Waals surface area contributed by atoms with Gasteiger partial charge in [0.25, 0.3) is 0 Å². The largest absolute Gasteiger partial charge is 0.472 e. The second-order valence-corrected chi connectivity index (χ2v) is 8.69. The van der Waals surface area contributed by atoms with E-state index in [4.69, 9.17) is 19.2 Å². The number of hydrogen-bond donors (Lipinski definition) is 0. The van der Waals surface area contributed by atoms with Crippen molar-refractivity contribution in [3.8, 4) is 11.6 Å². The molecule has 0 aliphatic heterocycles. The Morgan fingerprint density at radius 3 is 2.61 bits per heavy atom. The van der Waals surface area contributed by atoms with Crippen molar-refractivity contribution < 1.29 is 23.4 Å². The summed E-state index contributed by atoms with van der Waals surface area (Å²) in [7, 11) is 2.96. The van der Waals surface area contributed by atoms with Crippen LogP contribution in [-0.2, 0) is 29.0 Å². The van der Waals surface area contributed by atoms with E-state index in [9.17, 15) is 4.79 Å². The van der Waals surface area contributed by atoms with Gasteiger partial charge in [-0.25, -0.2) is 18.9 Å². The van der Waals surface area contributed by atoms with Gasteiger partial charge < -0.3 is 18.8 Å². The lowest BCUT2D eigenvalue weighted by atomic mass is 10.1. The Morgan fingerprint density at radius 1 is 1.00 bits per heavy atom. The molecule has 0 radical (unpaired) electrons. The van der Waals surface area contributed by atoms with Crippen molar-refractivity contribution in [1.82, 2.24) is 19.3 Å². The fourth-order valence-corrected chi connectivity index (χ4v) is 4.24. The van der Waals surface area contributed by atoms with Crippen molar-refractivity contribution in [3.05, 3.63) is 107 Å². The molecule has 0 aliphatic carbocycles. The number of carbonyl (C=O) groups excluding carboxylic acids is 1. The molecule has 9 heteroatoms. The number of carbonyl (C=O) groups is 1. The molecule has 0 fully saturated rings. The summed E-state index contributed by atoms with van der Waals surface area (Å²) >= 11 is 0. The van der Waals surface area contributed by atoms with Gasteiger partial charge in [-0.2, -0.15) is 0 Å². The second-order valence-electron chi connectivity index (χ2n) is 8.69. The Labute approximate surface area is 219 Å². The molecule has 0 unspecified atom stereocenters. The van der Waals surface area contributed by atoms with E-state index in [0.29, 0.717) is 53.8 Å². The van der Waals surface area contributed by atoms with E-state index in [1.54, 1.807) is 48.3 Å². The highest BCUT2D eigenvalue weighted by molar-refractivity contribution is 5.93. The lowest BCUT2D eigenvalue weighted by Gasteiger charge is -2.11. The summed E-state index contributed by atoms with van der Waals surface area (Å²) in [4.78, 5) is 16.7. The first kappa shape index (κ1) is 25.2. The number of esters is 1. The molecule has 0 amide bonds. The monoisotopic (exact) mass is 514 g/mol. The molecule has 38 heavy (non-hydrogen) atoms. The number of rotatable bonds is 10. The van der Waals surface area contributed by atoms with E-state index in [1.165, 1.54) is 13.2 Å². The average molecular weight is 515 g/mol. The molecule has 0 atom stereocenters. The Bertz CT molecular complexity index is 1560. The molecule has 0 N–H and O–H groups in total. The van der Waals surface area contributed by atoms with Crippen LogP contribution >= 0.6 is 0 Å². The zero-order chi connectivity index (χ0) is 26.5. The quantitative estimate of drug-likeness (QED) is 0.245. The lowest BCUT2D eigenvalue weighted by molar-refractivity contribution is 0.0601. The molecule has 0 saturated heterocycles. The highest BCUT2D eigenvalue weighted by Crippen LogP contribution is 2.23. The van der Waals surface area contributed by atoms with Gasteiger partial charge in [0.05, 0.1) is 36.0 Å². The first-order chi connectivity index (χ1) is 18.6. The molecule has 0 saturated carbocycles. The number of nitrogens with zero attached hydrogens (tertiary/aromatic N) is 4. The number of halogens is 1. The number of imidazole rings is 1. The summed E-state index contributed by atoms with van der Waals surface area (Å²) in [6.07, 6.45) is 2.00. The van der Waals surface area contributed by atoms with Crippen LogP contribution in [0.15, 0.2) is 79.0 Å². The predicted molar refractivity (Wildman–Crippen MR) is 140 cm³/mol. The van der Waals surface area contributed by atoms with E-state index in [-0.39, 0.29) is 12.2 Å².